The zero-order valence-corrected chi connectivity index (χ0v) is 16.6. The molecule has 0 bridgehead atoms. The van der Waals surface area contributed by atoms with E-state index in [0.29, 0.717) is 16.0 Å². The number of likely N-dealkylation sites (N-methyl/N-ethyl adjacent to an activating group) is 1. The van der Waals surface area contributed by atoms with Gasteiger partial charge in [0.1, 0.15) is 0 Å². The summed E-state index contributed by atoms with van der Waals surface area (Å²) in [7, 11) is 2.01. The van der Waals surface area contributed by atoms with Gasteiger partial charge in [0.15, 0.2) is 0 Å². The molecule has 0 amide bonds. The smallest absolute Gasteiger partial charge is 0.0595 e. The lowest BCUT2D eigenvalue weighted by Crippen LogP contribution is -2.60. The van der Waals surface area contributed by atoms with Crippen molar-refractivity contribution in [3.05, 3.63) is 33.8 Å². The van der Waals surface area contributed by atoms with E-state index in [-0.39, 0.29) is 0 Å². The van der Waals surface area contributed by atoms with Crippen LogP contribution in [0, 0.1) is 0 Å². The van der Waals surface area contributed by atoms with Gasteiger partial charge in [-0.15, -0.1) is 0 Å². The Balaban J connectivity index is 1.47. The molecule has 0 spiro atoms. The van der Waals surface area contributed by atoms with Crippen LogP contribution < -0.4 is 5.32 Å². The van der Waals surface area contributed by atoms with Crippen LogP contribution >= 0.6 is 35.0 Å². The molecule has 2 heterocycles. The van der Waals surface area contributed by atoms with Crippen LogP contribution in [-0.2, 0) is 0 Å². The maximum absolute atomic E-state index is 6.19. The summed E-state index contributed by atoms with van der Waals surface area (Å²) >= 11 is 14.3. The van der Waals surface area contributed by atoms with Gasteiger partial charge in [-0.3, -0.25) is 4.90 Å². The average Bonchev–Trinajstić information content (AvgIpc) is 2.56. The van der Waals surface area contributed by atoms with Gasteiger partial charge in [-0.05, 0) is 43.6 Å². The first kappa shape index (κ1) is 18.8. The molecule has 1 N–H and O–H groups in total. The highest BCUT2D eigenvalue weighted by molar-refractivity contribution is 7.99. The SMILES string of the molecule is CNCC(CCN1CC(N2CCSCC2)C1)c1ccc(Cl)c(Cl)c1. The highest BCUT2D eigenvalue weighted by Crippen LogP contribution is 2.29. The van der Waals surface area contributed by atoms with E-state index in [9.17, 15) is 0 Å². The number of hydrogen-bond donors (Lipinski definition) is 1. The number of benzene rings is 1. The van der Waals surface area contributed by atoms with Crippen molar-refractivity contribution in [3.63, 3.8) is 0 Å². The minimum Gasteiger partial charge on any atom is -0.319 e. The van der Waals surface area contributed by atoms with Gasteiger partial charge in [-0.2, -0.15) is 11.8 Å². The van der Waals surface area contributed by atoms with Gasteiger partial charge in [0.25, 0.3) is 0 Å². The van der Waals surface area contributed by atoms with Crippen LogP contribution in [0.1, 0.15) is 17.9 Å². The summed E-state index contributed by atoms with van der Waals surface area (Å²) in [6, 6.07) is 6.84. The van der Waals surface area contributed by atoms with Crippen molar-refractivity contribution in [2.45, 2.75) is 18.4 Å². The van der Waals surface area contributed by atoms with Crippen molar-refractivity contribution < 1.29 is 0 Å². The molecule has 0 saturated carbocycles. The summed E-state index contributed by atoms with van der Waals surface area (Å²) in [6.07, 6.45) is 1.15. The molecule has 1 aromatic carbocycles. The predicted octanol–water partition coefficient (Wildman–Crippen LogP) is 3.42. The molecule has 3 nitrogen and oxygen atoms in total. The highest BCUT2D eigenvalue weighted by atomic mass is 35.5. The molecule has 2 saturated heterocycles. The Bertz CT molecular complexity index is 531. The van der Waals surface area contributed by atoms with E-state index in [1.807, 2.05) is 19.2 Å². The Labute approximate surface area is 160 Å². The van der Waals surface area contributed by atoms with Crippen molar-refractivity contribution in [3.8, 4) is 0 Å². The molecular weight excluding hydrogens is 361 g/mol. The second-order valence-corrected chi connectivity index (χ2v) is 8.82. The normalized spacial score (nSPS) is 21.6. The van der Waals surface area contributed by atoms with Gasteiger partial charge in [-0.1, -0.05) is 29.3 Å². The first-order valence-electron chi connectivity index (χ1n) is 8.81. The van der Waals surface area contributed by atoms with Gasteiger partial charge in [-0.25, -0.2) is 0 Å². The quantitative estimate of drug-likeness (QED) is 0.771. The van der Waals surface area contributed by atoms with Crippen LogP contribution in [0.4, 0.5) is 0 Å². The van der Waals surface area contributed by atoms with Crippen LogP contribution in [0.25, 0.3) is 0 Å². The highest BCUT2D eigenvalue weighted by Gasteiger charge is 2.32. The standard InChI is InChI=1S/C18H27Cl2N3S/c1-21-11-15(14-2-3-17(19)18(20)10-14)4-5-22-12-16(13-22)23-6-8-24-9-7-23/h2-3,10,15-16,21H,4-9,11-13H2,1H3. The third kappa shape index (κ3) is 4.80. The third-order valence-electron chi connectivity index (χ3n) is 5.16. The largest absolute Gasteiger partial charge is 0.319 e. The van der Waals surface area contributed by atoms with Crippen molar-refractivity contribution in [1.82, 2.24) is 15.1 Å². The zero-order chi connectivity index (χ0) is 16.9. The summed E-state index contributed by atoms with van der Waals surface area (Å²) < 4.78 is 0. The molecule has 1 atom stereocenters. The van der Waals surface area contributed by atoms with Gasteiger partial charge < -0.3 is 10.2 Å². The van der Waals surface area contributed by atoms with Crippen LogP contribution in [-0.4, -0.2) is 73.7 Å². The first-order valence-corrected chi connectivity index (χ1v) is 10.7. The lowest BCUT2D eigenvalue weighted by Gasteiger charge is -2.47. The molecule has 6 heteroatoms. The second-order valence-electron chi connectivity index (χ2n) is 6.78. The summed E-state index contributed by atoms with van der Waals surface area (Å²) in [5.74, 6) is 3.09. The lowest BCUT2D eigenvalue weighted by atomic mass is 9.94. The Morgan fingerprint density at radius 2 is 1.96 bits per heavy atom. The minimum atomic E-state index is 0.482. The van der Waals surface area contributed by atoms with E-state index in [1.165, 1.54) is 43.2 Å². The fourth-order valence-corrected chi connectivity index (χ4v) is 4.87. The fraction of sp³-hybridized carbons (Fsp3) is 0.667. The van der Waals surface area contributed by atoms with Gasteiger partial charge in [0.2, 0.25) is 0 Å². The van der Waals surface area contributed by atoms with Crippen molar-refractivity contribution >= 4 is 35.0 Å². The van der Waals surface area contributed by atoms with E-state index in [0.717, 1.165) is 25.6 Å². The van der Waals surface area contributed by atoms with E-state index in [1.54, 1.807) is 0 Å². The van der Waals surface area contributed by atoms with E-state index >= 15 is 0 Å². The maximum atomic E-state index is 6.19. The van der Waals surface area contributed by atoms with Gasteiger partial charge in [0.05, 0.1) is 10.0 Å². The fourth-order valence-electron chi connectivity index (χ4n) is 3.64. The molecule has 0 radical (unpaired) electrons. The second kappa shape index (κ2) is 9.11. The van der Waals surface area contributed by atoms with E-state index < -0.39 is 0 Å². The molecule has 1 unspecified atom stereocenters. The molecule has 24 heavy (non-hydrogen) atoms. The number of hydrogen-bond acceptors (Lipinski definition) is 4. The Morgan fingerprint density at radius 3 is 2.62 bits per heavy atom. The monoisotopic (exact) mass is 387 g/mol. The Kier molecular flexibility index (Phi) is 7.14. The average molecular weight is 388 g/mol. The topological polar surface area (TPSA) is 18.5 Å². The molecular formula is C18H27Cl2N3S. The van der Waals surface area contributed by atoms with E-state index in [4.69, 9.17) is 23.2 Å². The molecule has 0 aliphatic carbocycles. The summed E-state index contributed by atoms with van der Waals surface area (Å²) in [5.41, 5.74) is 1.28. The molecule has 134 valence electrons. The van der Waals surface area contributed by atoms with Crippen molar-refractivity contribution in [2.24, 2.45) is 0 Å². The number of halogens is 2. The van der Waals surface area contributed by atoms with Crippen molar-refractivity contribution in [2.75, 3.05) is 57.8 Å². The minimum absolute atomic E-state index is 0.482. The summed E-state index contributed by atoms with van der Waals surface area (Å²) in [5, 5.41) is 4.60. The number of nitrogens with one attached hydrogen (secondary N) is 1. The molecule has 0 aromatic heterocycles. The third-order valence-corrected chi connectivity index (χ3v) is 6.84. The van der Waals surface area contributed by atoms with Crippen LogP contribution in [0.3, 0.4) is 0 Å². The maximum Gasteiger partial charge on any atom is 0.0595 e. The number of nitrogens with zero attached hydrogens (tertiary/aromatic N) is 2. The van der Waals surface area contributed by atoms with Crippen LogP contribution in [0.5, 0.6) is 0 Å². The van der Waals surface area contributed by atoms with Crippen LogP contribution in [0.2, 0.25) is 10.0 Å². The Hall–Kier alpha value is 0.0300. The molecule has 1 aromatic rings. The molecule has 2 fully saturated rings. The zero-order valence-electron chi connectivity index (χ0n) is 14.3. The van der Waals surface area contributed by atoms with Gasteiger partial charge >= 0.3 is 0 Å². The number of thioether (sulfide) groups is 1. The van der Waals surface area contributed by atoms with Crippen molar-refractivity contribution in [1.29, 1.82) is 0 Å². The number of likely N-dealkylation sites (tertiary alicyclic amines) is 1. The lowest BCUT2D eigenvalue weighted by molar-refractivity contribution is 0.0379. The molecule has 3 rings (SSSR count). The van der Waals surface area contributed by atoms with Crippen LogP contribution in [0.15, 0.2) is 18.2 Å². The van der Waals surface area contributed by atoms with Gasteiger partial charge in [0, 0.05) is 50.3 Å². The first-order chi connectivity index (χ1) is 11.7. The van der Waals surface area contributed by atoms with E-state index in [2.05, 4.69) is 32.9 Å². The summed E-state index contributed by atoms with van der Waals surface area (Å²) in [6.45, 7) is 7.14. The Morgan fingerprint density at radius 1 is 1.21 bits per heavy atom. The molecule has 2 aliphatic heterocycles. The predicted molar refractivity (Wildman–Crippen MR) is 107 cm³/mol. The summed E-state index contributed by atoms with van der Waals surface area (Å²) in [4.78, 5) is 5.27. The number of rotatable bonds is 7. The molecule has 2 aliphatic rings.